The number of Topliss-reactive ketones (excluding diaryl/α,β-unsaturated/α-hetero) is 1. The van der Waals surface area contributed by atoms with Crippen molar-refractivity contribution in [1.29, 1.82) is 0 Å². The standard InChI is InChI=1S/C18H19NO4S/c1-13-7-6-10-16(11-13)19-17(20)12-24(22,23)14(2)18(21)15-8-4-3-5-9-15/h3-11,14H,12H2,1-2H3,(H,19,20). The normalized spacial score (nSPS) is 12.4. The van der Waals surface area contributed by atoms with E-state index < -0.39 is 32.5 Å². The van der Waals surface area contributed by atoms with Gasteiger partial charge >= 0.3 is 0 Å². The fraction of sp³-hybridized carbons (Fsp3) is 0.222. The zero-order valence-corrected chi connectivity index (χ0v) is 14.3. The molecule has 5 nitrogen and oxygen atoms in total. The molecule has 0 heterocycles. The number of ketones is 1. The Bertz CT molecular complexity index is 844. The fourth-order valence-electron chi connectivity index (χ4n) is 2.23. The second kappa shape index (κ2) is 7.40. The number of carbonyl (C=O) groups excluding carboxylic acids is 2. The lowest BCUT2D eigenvalue weighted by atomic mass is 10.1. The van der Waals surface area contributed by atoms with Crippen LogP contribution in [-0.4, -0.2) is 31.1 Å². The summed E-state index contributed by atoms with van der Waals surface area (Å²) in [6.07, 6.45) is 0. The SMILES string of the molecule is Cc1cccc(NC(=O)CS(=O)(=O)C(C)C(=O)c2ccccc2)c1. The van der Waals surface area contributed by atoms with Crippen LogP contribution in [0.15, 0.2) is 54.6 Å². The van der Waals surface area contributed by atoms with Gasteiger partial charge in [-0.15, -0.1) is 0 Å². The largest absolute Gasteiger partial charge is 0.325 e. The van der Waals surface area contributed by atoms with E-state index in [4.69, 9.17) is 0 Å². The third-order valence-electron chi connectivity index (χ3n) is 3.60. The Hall–Kier alpha value is -2.47. The molecule has 2 rings (SSSR count). The molecule has 2 aromatic rings. The zero-order chi connectivity index (χ0) is 17.7. The highest BCUT2D eigenvalue weighted by Crippen LogP contribution is 2.13. The molecule has 0 bridgehead atoms. The summed E-state index contributed by atoms with van der Waals surface area (Å²) in [7, 11) is -3.90. The van der Waals surface area contributed by atoms with Gasteiger partial charge in [-0.2, -0.15) is 0 Å². The van der Waals surface area contributed by atoms with Gasteiger partial charge in [0, 0.05) is 11.3 Å². The molecule has 0 saturated heterocycles. The molecule has 24 heavy (non-hydrogen) atoms. The first kappa shape index (κ1) is 17.9. The van der Waals surface area contributed by atoms with E-state index in [0.717, 1.165) is 5.56 Å². The molecule has 1 amide bonds. The van der Waals surface area contributed by atoms with Crippen LogP contribution in [0.3, 0.4) is 0 Å². The van der Waals surface area contributed by atoms with Crippen LogP contribution in [0.25, 0.3) is 0 Å². The van der Waals surface area contributed by atoms with Gasteiger partial charge in [-0.05, 0) is 31.5 Å². The minimum atomic E-state index is -3.90. The number of nitrogens with one attached hydrogen (secondary N) is 1. The van der Waals surface area contributed by atoms with Crippen LogP contribution in [0, 0.1) is 6.92 Å². The van der Waals surface area contributed by atoms with Gasteiger partial charge in [-0.1, -0.05) is 42.5 Å². The average molecular weight is 345 g/mol. The molecule has 0 aromatic heterocycles. The number of benzene rings is 2. The van der Waals surface area contributed by atoms with Crippen molar-refractivity contribution in [2.45, 2.75) is 19.1 Å². The molecule has 0 fully saturated rings. The van der Waals surface area contributed by atoms with E-state index in [2.05, 4.69) is 5.32 Å². The number of anilines is 1. The van der Waals surface area contributed by atoms with Crippen LogP contribution in [0.4, 0.5) is 5.69 Å². The van der Waals surface area contributed by atoms with Crippen molar-refractivity contribution >= 4 is 27.2 Å². The Morgan fingerprint density at radius 3 is 2.33 bits per heavy atom. The molecule has 0 radical (unpaired) electrons. The quantitative estimate of drug-likeness (QED) is 0.816. The monoisotopic (exact) mass is 345 g/mol. The number of carbonyl (C=O) groups is 2. The third kappa shape index (κ3) is 4.52. The smallest absolute Gasteiger partial charge is 0.239 e. The number of hydrogen-bond donors (Lipinski definition) is 1. The van der Waals surface area contributed by atoms with Crippen LogP contribution < -0.4 is 5.32 Å². The summed E-state index contributed by atoms with van der Waals surface area (Å²) >= 11 is 0. The Morgan fingerprint density at radius 2 is 1.71 bits per heavy atom. The highest BCUT2D eigenvalue weighted by Gasteiger charge is 2.30. The van der Waals surface area contributed by atoms with E-state index in [0.29, 0.717) is 11.3 Å². The molecule has 0 aliphatic rings. The molecular weight excluding hydrogens is 326 g/mol. The van der Waals surface area contributed by atoms with Crippen molar-refractivity contribution in [2.75, 3.05) is 11.1 Å². The molecule has 0 aliphatic carbocycles. The van der Waals surface area contributed by atoms with Crippen LogP contribution in [0.2, 0.25) is 0 Å². The van der Waals surface area contributed by atoms with Gasteiger partial charge in [0.25, 0.3) is 0 Å². The Morgan fingerprint density at radius 1 is 1.04 bits per heavy atom. The topological polar surface area (TPSA) is 80.3 Å². The van der Waals surface area contributed by atoms with Gasteiger partial charge in [0.05, 0.1) is 0 Å². The van der Waals surface area contributed by atoms with Crippen LogP contribution in [0.5, 0.6) is 0 Å². The van der Waals surface area contributed by atoms with Gasteiger partial charge in [-0.25, -0.2) is 8.42 Å². The van der Waals surface area contributed by atoms with Gasteiger partial charge in [-0.3, -0.25) is 9.59 Å². The molecule has 126 valence electrons. The van der Waals surface area contributed by atoms with E-state index in [1.54, 1.807) is 48.5 Å². The van der Waals surface area contributed by atoms with Gasteiger partial charge in [0.2, 0.25) is 5.91 Å². The predicted molar refractivity (Wildman–Crippen MR) is 93.8 cm³/mol. The van der Waals surface area contributed by atoms with E-state index in [1.807, 2.05) is 13.0 Å². The zero-order valence-electron chi connectivity index (χ0n) is 13.5. The first-order valence-corrected chi connectivity index (χ1v) is 9.18. The molecule has 6 heteroatoms. The summed E-state index contributed by atoms with van der Waals surface area (Å²) < 4.78 is 24.7. The van der Waals surface area contributed by atoms with Crippen LogP contribution in [-0.2, 0) is 14.6 Å². The number of amides is 1. The molecule has 2 aromatic carbocycles. The fourth-order valence-corrected chi connectivity index (χ4v) is 3.38. The molecule has 0 spiro atoms. The Labute approximate surface area is 141 Å². The van der Waals surface area contributed by atoms with E-state index >= 15 is 0 Å². The maximum atomic E-state index is 12.3. The van der Waals surface area contributed by atoms with Gasteiger partial charge in [0.1, 0.15) is 11.0 Å². The maximum absolute atomic E-state index is 12.3. The highest BCUT2D eigenvalue weighted by molar-refractivity contribution is 7.93. The molecular formula is C18H19NO4S. The van der Waals surface area contributed by atoms with Crippen molar-refractivity contribution in [1.82, 2.24) is 0 Å². The Kier molecular flexibility index (Phi) is 5.51. The second-order valence-corrected chi connectivity index (χ2v) is 7.92. The molecule has 0 aliphatic heterocycles. The van der Waals surface area contributed by atoms with Crippen LogP contribution >= 0.6 is 0 Å². The summed E-state index contributed by atoms with van der Waals surface area (Å²) in [4.78, 5) is 24.3. The predicted octanol–water partition coefficient (Wildman–Crippen LogP) is 2.62. The highest BCUT2D eigenvalue weighted by atomic mass is 32.2. The minimum Gasteiger partial charge on any atom is -0.325 e. The molecule has 1 atom stereocenters. The lowest BCUT2D eigenvalue weighted by Crippen LogP contribution is -2.34. The van der Waals surface area contributed by atoms with Crippen molar-refractivity contribution in [3.8, 4) is 0 Å². The van der Waals surface area contributed by atoms with Crippen molar-refractivity contribution in [3.63, 3.8) is 0 Å². The molecule has 0 saturated carbocycles. The first-order valence-electron chi connectivity index (χ1n) is 7.47. The second-order valence-electron chi connectivity index (χ2n) is 5.60. The average Bonchev–Trinajstić information content (AvgIpc) is 2.53. The lowest BCUT2D eigenvalue weighted by molar-refractivity contribution is -0.113. The molecule has 1 N–H and O–H groups in total. The lowest BCUT2D eigenvalue weighted by Gasteiger charge is -2.12. The number of sulfone groups is 1. The van der Waals surface area contributed by atoms with Crippen molar-refractivity contribution in [3.05, 3.63) is 65.7 Å². The van der Waals surface area contributed by atoms with E-state index in [9.17, 15) is 18.0 Å². The summed E-state index contributed by atoms with van der Waals surface area (Å²) in [5.74, 6) is -1.91. The minimum absolute atomic E-state index is 0.313. The third-order valence-corrected chi connectivity index (χ3v) is 5.56. The van der Waals surface area contributed by atoms with Crippen LogP contribution in [0.1, 0.15) is 22.8 Å². The summed E-state index contributed by atoms with van der Waals surface area (Å²) in [6.45, 7) is 3.18. The summed E-state index contributed by atoms with van der Waals surface area (Å²) in [5, 5.41) is 1.27. The number of aryl methyl sites for hydroxylation is 1. The van der Waals surface area contributed by atoms with Gasteiger partial charge < -0.3 is 5.32 Å². The summed E-state index contributed by atoms with van der Waals surface area (Å²) in [5.41, 5.74) is 1.79. The number of hydrogen-bond acceptors (Lipinski definition) is 4. The number of rotatable bonds is 6. The van der Waals surface area contributed by atoms with Crippen molar-refractivity contribution < 1.29 is 18.0 Å². The van der Waals surface area contributed by atoms with Crippen molar-refractivity contribution in [2.24, 2.45) is 0 Å². The van der Waals surface area contributed by atoms with E-state index in [1.165, 1.54) is 6.92 Å². The summed E-state index contributed by atoms with van der Waals surface area (Å²) in [6, 6.07) is 15.2. The molecule has 1 unspecified atom stereocenters. The van der Waals surface area contributed by atoms with Gasteiger partial charge in [0.15, 0.2) is 15.6 Å². The maximum Gasteiger partial charge on any atom is 0.239 e. The Balaban J connectivity index is 2.07. The first-order chi connectivity index (χ1) is 11.3. The van der Waals surface area contributed by atoms with E-state index in [-0.39, 0.29) is 0 Å².